The second-order valence-electron chi connectivity index (χ2n) is 4.13. The van der Waals surface area contributed by atoms with Crippen LogP contribution in [0.2, 0.25) is 0 Å². The predicted molar refractivity (Wildman–Crippen MR) is 73.0 cm³/mol. The molecule has 18 heavy (non-hydrogen) atoms. The van der Waals surface area contributed by atoms with E-state index >= 15 is 0 Å². The monoisotopic (exact) mass is 272 g/mol. The summed E-state index contributed by atoms with van der Waals surface area (Å²) >= 11 is 0. The highest BCUT2D eigenvalue weighted by Gasteiger charge is 2.13. The van der Waals surface area contributed by atoms with Crippen molar-refractivity contribution in [1.29, 1.82) is 0 Å². The van der Waals surface area contributed by atoms with Crippen molar-refractivity contribution in [3.05, 3.63) is 24.3 Å². The Kier molecular flexibility index (Phi) is 5.43. The summed E-state index contributed by atoms with van der Waals surface area (Å²) < 4.78 is 31.2. The average Bonchev–Trinajstić information content (AvgIpc) is 2.30. The van der Waals surface area contributed by atoms with Gasteiger partial charge in [0, 0.05) is 6.04 Å². The maximum Gasteiger partial charge on any atom is 0.215 e. The Balaban J connectivity index is 2.44. The van der Waals surface area contributed by atoms with Crippen molar-refractivity contribution in [2.45, 2.75) is 26.3 Å². The molecule has 102 valence electrons. The number of nitrogens with one attached hydrogen (secondary N) is 1. The number of nitrogen functional groups attached to an aromatic ring is 1. The van der Waals surface area contributed by atoms with Crippen LogP contribution in [0.3, 0.4) is 0 Å². The molecular formula is C12H20N2O3S. The lowest BCUT2D eigenvalue weighted by atomic mass is 10.3. The van der Waals surface area contributed by atoms with Crippen LogP contribution in [0.5, 0.6) is 5.75 Å². The van der Waals surface area contributed by atoms with E-state index in [2.05, 4.69) is 4.72 Å². The molecule has 0 saturated heterocycles. The summed E-state index contributed by atoms with van der Waals surface area (Å²) in [5, 5.41) is 0. The highest BCUT2D eigenvalue weighted by Crippen LogP contribution is 2.19. The van der Waals surface area contributed by atoms with Crippen LogP contribution in [-0.2, 0) is 10.0 Å². The Morgan fingerprint density at radius 3 is 2.67 bits per heavy atom. The summed E-state index contributed by atoms with van der Waals surface area (Å²) in [6.45, 7) is 3.84. The summed E-state index contributed by atoms with van der Waals surface area (Å²) in [6, 6.07) is 6.95. The third-order valence-corrected chi connectivity index (χ3v) is 3.99. The Labute approximate surface area is 108 Å². The number of rotatable bonds is 7. The first-order valence-electron chi connectivity index (χ1n) is 5.92. The number of hydrogen-bond acceptors (Lipinski definition) is 4. The fourth-order valence-electron chi connectivity index (χ4n) is 1.32. The van der Waals surface area contributed by atoms with Crippen molar-refractivity contribution in [2.24, 2.45) is 0 Å². The van der Waals surface area contributed by atoms with Crippen molar-refractivity contribution >= 4 is 15.7 Å². The normalized spacial score (nSPS) is 13.2. The van der Waals surface area contributed by atoms with Gasteiger partial charge in [0.05, 0.1) is 11.4 Å². The molecule has 0 aliphatic heterocycles. The molecule has 1 atom stereocenters. The van der Waals surface area contributed by atoms with Crippen molar-refractivity contribution in [3.8, 4) is 5.75 Å². The third kappa shape index (κ3) is 4.93. The minimum atomic E-state index is -3.29. The van der Waals surface area contributed by atoms with Crippen molar-refractivity contribution in [2.75, 3.05) is 18.1 Å². The minimum Gasteiger partial charge on any atom is -0.490 e. The second-order valence-corrected chi connectivity index (χ2v) is 6.01. The van der Waals surface area contributed by atoms with Gasteiger partial charge in [-0.15, -0.1) is 0 Å². The Bertz CT molecular complexity index is 474. The van der Waals surface area contributed by atoms with Gasteiger partial charge in [-0.1, -0.05) is 19.1 Å². The summed E-state index contributed by atoms with van der Waals surface area (Å²) in [6.07, 6.45) is 0.756. The van der Waals surface area contributed by atoms with Crippen LogP contribution < -0.4 is 15.2 Å². The molecule has 0 spiro atoms. The molecule has 1 aromatic rings. The number of anilines is 1. The van der Waals surface area contributed by atoms with E-state index in [9.17, 15) is 8.42 Å². The fraction of sp³-hybridized carbons (Fsp3) is 0.500. The van der Waals surface area contributed by atoms with Crippen molar-refractivity contribution in [1.82, 2.24) is 4.72 Å². The molecule has 0 aliphatic rings. The SMILES string of the molecule is CCC(C)NS(=O)(=O)CCOc1ccccc1N. The number of ether oxygens (including phenoxy) is 1. The summed E-state index contributed by atoms with van der Waals surface area (Å²) in [5.74, 6) is 0.433. The first-order valence-corrected chi connectivity index (χ1v) is 7.57. The first kappa shape index (κ1) is 14.8. The van der Waals surface area contributed by atoms with Gasteiger partial charge < -0.3 is 10.5 Å². The minimum absolute atomic E-state index is 0.0585. The van der Waals surface area contributed by atoms with Gasteiger partial charge in [0.15, 0.2) is 0 Å². The van der Waals surface area contributed by atoms with E-state index in [-0.39, 0.29) is 18.4 Å². The number of para-hydroxylation sites is 2. The van der Waals surface area contributed by atoms with Crippen LogP contribution in [0, 0.1) is 0 Å². The number of benzene rings is 1. The maximum atomic E-state index is 11.7. The third-order valence-electron chi connectivity index (χ3n) is 2.52. The molecule has 0 amide bonds. The molecule has 0 aliphatic carbocycles. The summed E-state index contributed by atoms with van der Waals surface area (Å²) in [5.41, 5.74) is 6.19. The highest BCUT2D eigenvalue weighted by molar-refractivity contribution is 7.89. The smallest absolute Gasteiger partial charge is 0.215 e. The van der Waals surface area contributed by atoms with E-state index < -0.39 is 10.0 Å². The number of sulfonamides is 1. The highest BCUT2D eigenvalue weighted by atomic mass is 32.2. The van der Waals surface area contributed by atoms with Gasteiger partial charge in [0.2, 0.25) is 10.0 Å². The van der Waals surface area contributed by atoms with Gasteiger partial charge >= 0.3 is 0 Å². The van der Waals surface area contributed by atoms with Gasteiger partial charge in [0.25, 0.3) is 0 Å². The van der Waals surface area contributed by atoms with Crippen molar-refractivity contribution in [3.63, 3.8) is 0 Å². The molecule has 0 fully saturated rings. The van der Waals surface area contributed by atoms with Gasteiger partial charge in [-0.25, -0.2) is 13.1 Å². The molecule has 0 heterocycles. The van der Waals surface area contributed by atoms with E-state index in [1.165, 1.54) is 0 Å². The molecule has 0 aromatic heterocycles. The quantitative estimate of drug-likeness (QED) is 0.734. The molecule has 1 aromatic carbocycles. The average molecular weight is 272 g/mol. The topological polar surface area (TPSA) is 81.4 Å². The Hall–Kier alpha value is -1.27. The van der Waals surface area contributed by atoms with Gasteiger partial charge in [-0.3, -0.25) is 0 Å². The lowest BCUT2D eigenvalue weighted by Crippen LogP contribution is -2.35. The summed E-state index contributed by atoms with van der Waals surface area (Å²) in [4.78, 5) is 0. The van der Waals surface area contributed by atoms with Crippen LogP contribution >= 0.6 is 0 Å². The molecule has 1 unspecified atom stereocenters. The number of hydrogen-bond donors (Lipinski definition) is 2. The fourth-order valence-corrected chi connectivity index (χ4v) is 2.52. The zero-order valence-corrected chi connectivity index (χ0v) is 11.5. The molecule has 6 heteroatoms. The van der Waals surface area contributed by atoms with E-state index in [1.54, 1.807) is 24.3 Å². The van der Waals surface area contributed by atoms with Crippen LogP contribution in [0.15, 0.2) is 24.3 Å². The second kappa shape index (κ2) is 6.61. The lowest BCUT2D eigenvalue weighted by molar-refractivity contribution is 0.342. The van der Waals surface area contributed by atoms with Gasteiger partial charge in [0.1, 0.15) is 12.4 Å². The molecular weight excluding hydrogens is 252 g/mol. The molecule has 3 N–H and O–H groups in total. The lowest BCUT2D eigenvalue weighted by Gasteiger charge is -2.13. The molecule has 5 nitrogen and oxygen atoms in total. The Morgan fingerprint density at radius 2 is 2.06 bits per heavy atom. The zero-order chi connectivity index (χ0) is 13.6. The Morgan fingerprint density at radius 1 is 1.39 bits per heavy atom. The largest absolute Gasteiger partial charge is 0.490 e. The molecule has 0 saturated carbocycles. The summed E-state index contributed by atoms with van der Waals surface area (Å²) in [7, 11) is -3.29. The van der Waals surface area contributed by atoms with E-state index in [1.807, 2.05) is 13.8 Å². The number of nitrogens with two attached hydrogens (primary N) is 1. The van der Waals surface area contributed by atoms with Crippen LogP contribution in [0.25, 0.3) is 0 Å². The van der Waals surface area contributed by atoms with Gasteiger partial charge in [-0.2, -0.15) is 0 Å². The van der Waals surface area contributed by atoms with E-state index in [0.29, 0.717) is 11.4 Å². The maximum absolute atomic E-state index is 11.7. The first-order chi connectivity index (χ1) is 8.44. The van der Waals surface area contributed by atoms with Crippen LogP contribution in [0.1, 0.15) is 20.3 Å². The standard InChI is InChI=1S/C12H20N2O3S/c1-3-10(2)14-18(15,16)9-8-17-12-7-5-4-6-11(12)13/h4-7,10,14H,3,8-9,13H2,1-2H3. The van der Waals surface area contributed by atoms with E-state index in [0.717, 1.165) is 6.42 Å². The predicted octanol–water partition coefficient (Wildman–Crippen LogP) is 1.37. The van der Waals surface area contributed by atoms with E-state index in [4.69, 9.17) is 10.5 Å². The zero-order valence-electron chi connectivity index (χ0n) is 10.7. The molecule has 0 radical (unpaired) electrons. The molecule has 0 bridgehead atoms. The molecule has 1 rings (SSSR count). The van der Waals surface area contributed by atoms with Crippen LogP contribution in [-0.4, -0.2) is 26.8 Å². The van der Waals surface area contributed by atoms with Gasteiger partial charge in [-0.05, 0) is 25.5 Å². The van der Waals surface area contributed by atoms with Crippen molar-refractivity contribution < 1.29 is 13.2 Å². The van der Waals surface area contributed by atoms with Crippen LogP contribution in [0.4, 0.5) is 5.69 Å².